The van der Waals surface area contributed by atoms with Crippen molar-refractivity contribution in [3.63, 3.8) is 0 Å². The van der Waals surface area contributed by atoms with Crippen molar-refractivity contribution >= 4 is 36.4 Å². The van der Waals surface area contributed by atoms with Gasteiger partial charge in [-0.1, -0.05) is 19.1 Å². The third-order valence-electron chi connectivity index (χ3n) is 3.46. The Morgan fingerprint density at radius 3 is 2.71 bits per heavy atom. The summed E-state index contributed by atoms with van der Waals surface area (Å²) in [5.74, 6) is 0.0803. The summed E-state index contributed by atoms with van der Waals surface area (Å²) in [7, 11) is 1.86. The highest BCUT2D eigenvalue weighted by molar-refractivity contribution is 5.91. The highest BCUT2D eigenvalue weighted by Crippen LogP contribution is 2.29. The van der Waals surface area contributed by atoms with E-state index in [0.29, 0.717) is 13.0 Å². The average molecular weight is 334 g/mol. The lowest BCUT2D eigenvalue weighted by atomic mass is 10.1. The average Bonchev–Trinajstić information content (AvgIpc) is 2.80. The minimum Gasteiger partial charge on any atom is -0.326 e. The smallest absolute Gasteiger partial charge is 0.225 e. The van der Waals surface area contributed by atoms with Crippen LogP contribution in [-0.4, -0.2) is 30.9 Å². The molecular weight excluding hydrogens is 309 g/mol. The molecule has 0 radical (unpaired) electrons. The molecule has 0 unspecified atom stereocenters. The van der Waals surface area contributed by atoms with E-state index in [9.17, 15) is 4.79 Å². The quantitative estimate of drug-likeness (QED) is 0.841. The monoisotopic (exact) mass is 333 g/mol. The first-order chi connectivity index (χ1) is 9.24. The first kappa shape index (κ1) is 20.2. The Labute approximate surface area is 139 Å². The Balaban J connectivity index is 0.00000200. The number of nitrogens with zero attached hydrogens (tertiary/aromatic N) is 1. The number of carbonyl (C=O) groups excluding carboxylic acids is 1. The van der Waals surface area contributed by atoms with Gasteiger partial charge in [0.15, 0.2) is 0 Å². The zero-order valence-electron chi connectivity index (χ0n) is 12.6. The third-order valence-corrected chi connectivity index (χ3v) is 3.46. The van der Waals surface area contributed by atoms with Gasteiger partial charge in [0.2, 0.25) is 5.91 Å². The molecule has 1 heterocycles. The molecule has 2 rings (SSSR count). The molecule has 1 aliphatic rings. The van der Waals surface area contributed by atoms with Crippen LogP contribution in [0, 0.1) is 0 Å². The maximum atomic E-state index is 11.8. The number of nitrogens with one attached hydrogen (secondary N) is 2. The zero-order chi connectivity index (χ0) is 13.7. The molecule has 1 amide bonds. The number of halogens is 2. The van der Waals surface area contributed by atoms with E-state index in [1.165, 1.54) is 11.1 Å². The highest BCUT2D eigenvalue weighted by atomic mass is 35.5. The molecule has 0 bridgehead atoms. The molecule has 0 aromatic heterocycles. The van der Waals surface area contributed by atoms with Crippen LogP contribution in [0.15, 0.2) is 18.2 Å². The Morgan fingerprint density at radius 2 is 2.05 bits per heavy atom. The third kappa shape index (κ3) is 5.47. The van der Waals surface area contributed by atoms with Gasteiger partial charge in [0.1, 0.15) is 0 Å². The van der Waals surface area contributed by atoms with Crippen LogP contribution in [-0.2, 0) is 17.9 Å². The number of hydrogen-bond donors (Lipinski definition) is 2. The van der Waals surface area contributed by atoms with Gasteiger partial charge >= 0.3 is 0 Å². The highest BCUT2D eigenvalue weighted by Gasteiger charge is 2.21. The van der Waals surface area contributed by atoms with Crippen molar-refractivity contribution in [2.24, 2.45) is 0 Å². The van der Waals surface area contributed by atoms with Crippen molar-refractivity contribution in [1.82, 2.24) is 10.2 Å². The molecule has 0 atom stereocenters. The Morgan fingerprint density at radius 1 is 1.29 bits per heavy atom. The minimum atomic E-state index is 0. The van der Waals surface area contributed by atoms with Crippen LogP contribution in [0.5, 0.6) is 0 Å². The molecule has 6 heteroatoms. The number of carbonyl (C=O) groups is 1. The number of fused-ring (bicyclic) bond motifs is 1. The van der Waals surface area contributed by atoms with E-state index in [4.69, 9.17) is 0 Å². The Bertz CT molecular complexity index is 455. The lowest BCUT2D eigenvalue weighted by molar-refractivity contribution is -0.116. The van der Waals surface area contributed by atoms with Crippen molar-refractivity contribution in [3.05, 3.63) is 29.3 Å². The lowest BCUT2D eigenvalue weighted by Gasteiger charge is -2.13. The van der Waals surface area contributed by atoms with Crippen LogP contribution in [0.2, 0.25) is 0 Å². The molecule has 0 aliphatic carbocycles. The van der Waals surface area contributed by atoms with Crippen molar-refractivity contribution in [1.29, 1.82) is 0 Å². The van der Waals surface area contributed by atoms with Crippen molar-refractivity contribution in [2.75, 3.05) is 25.5 Å². The molecule has 4 nitrogen and oxygen atoms in total. The second kappa shape index (κ2) is 10.0. The minimum absolute atomic E-state index is 0. The molecule has 1 aromatic carbocycles. The fraction of sp³-hybridized carbons (Fsp3) is 0.533. The molecule has 2 N–H and O–H groups in total. The van der Waals surface area contributed by atoms with Crippen LogP contribution in [0.4, 0.5) is 5.69 Å². The van der Waals surface area contributed by atoms with Crippen LogP contribution >= 0.6 is 24.8 Å². The first-order valence-corrected chi connectivity index (χ1v) is 7.02. The molecule has 1 aliphatic heterocycles. The van der Waals surface area contributed by atoms with Crippen LogP contribution in [0.25, 0.3) is 0 Å². The van der Waals surface area contributed by atoms with Gasteiger partial charge in [-0.25, -0.2) is 0 Å². The van der Waals surface area contributed by atoms with Gasteiger partial charge < -0.3 is 10.6 Å². The summed E-state index contributed by atoms with van der Waals surface area (Å²) < 4.78 is 0. The fourth-order valence-electron chi connectivity index (χ4n) is 2.53. The van der Waals surface area contributed by atoms with Crippen molar-refractivity contribution < 1.29 is 4.79 Å². The first-order valence-electron chi connectivity index (χ1n) is 7.02. The van der Waals surface area contributed by atoms with Gasteiger partial charge in [0.25, 0.3) is 0 Å². The number of benzene rings is 1. The van der Waals surface area contributed by atoms with E-state index in [-0.39, 0.29) is 30.7 Å². The molecule has 0 saturated heterocycles. The topological polar surface area (TPSA) is 44.4 Å². The van der Waals surface area contributed by atoms with E-state index >= 15 is 0 Å². The van der Waals surface area contributed by atoms with Gasteiger partial charge in [-0.3, -0.25) is 9.69 Å². The van der Waals surface area contributed by atoms with Gasteiger partial charge in [0, 0.05) is 31.7 Å². The predicted octanol–water partition coefficient (Wildman–Crippen LogP) is 2.80. The molecule has 0 fully saturated rings. The summed E-state index contributed by atoms with van der Waals surface area (Å²) in [5, 5.41) is 6.03. The zero-order valence-corrected chi connectivity index (χ0v) is 14.3. The summed E-state index contributed by atoms with van der Waals surface area (Å²) in [5.41, 5.74) is 3.62. The molecule has 21 heavy (non-hydrogen) atoms. The van der Waals surface area contributed by atoms with Gasteiger partial charge in [-0.2, -0.15) is 0 Å². The van der Waals surface area contributed by atoms with Crippen LogP contribution in [0.3, 0.4) is 0 Å². The number of anilines is 1. The normalized spacial score (nSPS) is 13.0. The summed E-state index contributed by atoms with van der Waals surface area (Å²) in [6, 6.07) is 6.20. The second-order valence-corrected chi connectivity index (χ2v) is 5.06. The van der Waals surface area contributed by atoms with Gasteiger partial charge in [-0.05, 0) is 37.2 Å². The lowest BCUT2D eigenvalue weighted by Crippen LogP contribution is -2.20. The van der Waals surface area contributed by atoms with Crippen LogP contribution < -0.4 is 10.6 Å². The maximum Gasteiger partial charge on any atom is 0.225 e. The fourth-order valence-corrected chi connectivity index (χ4v) is 2.53. The van der Waals surface area contributed by atoms with E-state index in [0.717, 1.165) is 31.7 Å². The van der Waals surface area contributed by atoms with Crippen molar-refractivity contribution in [3.8, 4) is 0 Å². The number of hydrogen-bond acceptors (Lipinski definition) is 3. The second-order valence-electron chi connectivity index (χ2n) is 5.06. The summed E-state index contributed by atoms with van der Waals surface area (Å²) >= 11 is 0. The van der Waals surface area contributed by atoms with Gasteiger partial charge in [0.05, 0.1) is 0 Å². The summed E-state index contributed by atoms with van der Waals surface area (Å²) in [4.78, 5) is 14.2. The molecule has 0 spiro atoms. The van der Waals surface area contributed by atoms with Gasteiger partial charge in [-0.15, -0.1) is 24.8 Å². The number of amides is 1. The summed E-state index contributed by atoms with van der Waals surface area (Å²) in [6.45, 7) is 5.98. The summed E-state index contributed by atoms with van der Waals surface area (Å²) in [6.07, 6.45) is 1.68. The van der Waals surface area contributed by atoms with E-state index in [2.05, 4.69) is 28.5 Å². The predicted molar refractivity (Wildman–Crippen MR) is 92.5 cm³/mol. The standard InChI is InChI=1S/C15H23N3O.2ClH/c1-3-9-18-10-12-5-4-6-14(13(12)11-18)17-15(19)7-8-16-2;;/h4-6,16H,3,7-11H2,1-2H3,(H,17,19);2*1H. The molecule has 0 saturated carbocycles. The number of rotatable bonds is 6. The van der Waals surface area contributed by atoms with Crippen LogP contribution in [0.1, 0.15) is 30.9 Å². The molecular formula is C15H25Cl2N3O. The van der Waals surface area contributed by atoms with E-state index in [1.54, 1.807) is 0 Å². The van der Waals surface area contributed by atoms with E-state index < -0.39 is 0 Å². The van der Waals surface area contributed by atoms with E-state index in [1.807, 2.05) is 19.2 Å². The maximum absolute atomic E-state index is 11.8. The van der Waals surface area contributed by atoms with Crippen molar-refractivity contribution in [2.45, 2.75) is 32.9 Å². The largest absolute Gasteiger partial charge is 0.326 e. The Hall–Kier alpha value is -0.810. The molecule has 1 aromatic rings. The SMILES string of the molecule is CCCN1Cc2cccc(NC(=O)CCNC)c2C1.Cl.Cl. The molecule has 120 valence electrons. The Kier molecular flexibility index (Phi) is 9.62.